The first-order chi connectivity index (χ1) is 15.0. The Hall–Kier alpha value is -3.39. The summed E-state index contributed by atoms with van der Waals surface area (Å²) in [5.41, 5.74) is 1.14. The van der Waals surface area contributed by atoms with Crippen LogP contribution in [0.5, 0.6) is 11.5 Å². The van der Waals surface area contributed by atoms with Gasteiger partial charge in [0.25, 0.3) is 11.7 Å². The maximum Gasteiger partial charge on any atom is 0.295 e. The van der Waals surface area contributed by atoms with Crippen LogP contribution in [0.3, 0.4) is 0 Å². The monoisotopic (exact) mass is 424 g/mol. The number of pyridine rings is 1. The second-order valence-electron chi connectivity index (χ2n) is 7.95. The number of quaternary nitrogens is 1. The number of carbonyl (C=O) groups is 2. The van der Waals surface area contributed by atoms with Crippen LogP contribution >= 0.6 is 0 Å². The average molecular weight is 424 g/mol. The lowest BCUT2D eigenvalue weighted by molar-refractivity contribution is -0.858. The van der Waals surface area contributed by atoms with Crippen molar-refractivity contribution in [3.63, 3.8) is 0 Å². The molecule has 8 nitrogen and oxygen atoms in total. The number of amides is 1. The molecule has 0 aliphatic carbocycles. The molecule has 2 aliphatic heterocycles. The molecular formula is C23H26N3O5+. The summed E-state index contributed by atoms with van der Waals surface area (Å²) in [6.45, 7) is 2.13. The number of ether oxygens (including phenoxy) is 2. The molecule has 31 heavy (non-hydrogen) atoms. The maximum atomic E-state index is 13.0. The molecule has 0 radical (unpaired) electrons. The minimum atomic E-state index is -0.696. The topological polar surface area (TPSA) is 93.4 Å². The Morgan fingerprint density at radius 2 is 1.97 bits per heavy atom. The third kappa shape index (κ3) is 4.11. The molecule has 2 aromatic rings. The van der Waals surface area contributed by atoms with Crippen molar-refractivity contribution in [1.82, 2.24) is 9.88 Å². The van der Waals surface area contributed by atoms with Gasteiger partial charge in [-0.25, -0.2) is 0 Å². The Morgan fingerprint density at radius 1 is 1.19 bits per heavy atom. The van der Waals surface area contributed by atoms with Gasteiger partial charge in [-0.1, -0.05) is 6.07 Å². The van der Waals surface area contributed by atoms with Crippen LogP contribution in [-0.4, -0.2) is 67.1 Å². The molecule has 0 saturated carbocycles. The van der Waals surface area contributed by atoms with Crippen LogP contribution in [0.2, 0.25) is 0 Å². The molecular weight excluding hydrogens is 398 g/mol. The van der Waals surface area contributed by atoms with Crippen LogP contribution in [0, 0.1) is 0 Å². The van der Waals surface area contributed by atoms with E-state index in [1.807, 2.05) is 20.2 Å². The number of aromatic nitrogens is 1. The molecule has 1 amide bonds. The van der Waals surface area contributed by atoms with Gasteiger partial charge < -0.3 is 24.4 Å². The second kappa shape index (κ2) is 8.77. The minimum Gasteiger partial charge on any atom is -0.507 e. The fourth-order valence-corrected chi connectivity index (χ4v) is 3.94. The number of nitrogens with one attached hydrogen (secondary N) is 1. The zero-order chi connectivity index (χ0) is 22.0. The van der Waals surface area contributed by atoms with Crippen LogP contribution in [0.4, 0.5) is 0 Å². The van der Waals surface area contributed by atoms with E-state index in [1.165, 1.54) is 9.80 Å². The van der Waals surface area contributed by atoms with Crippen molar-refractivity contribution in [3.05, 3.63) is 59.4 Å². The molecule has 1 saturated heterocycles. The fourth-order valence-electron chi connectivity index (χ4n) is 3.94. The number of rotatable bonds is 6. The molecule has 0 bridgehead atoms. The van der Waals surface area contributed by atoms with Crippen molar-refractivity contribution >= 4 is 17.4 Å². The predicted octanol–water partition coefficient (Wildman–Crippen LogP) is 0.809. The van der Waals surface area contributed by atoms with E-state index in [0.717, 1.165) is 13.0 Å². The first-order valence-corrected chi connectivity index (χ1v) is 10.3. The number of Topliss-reactive ketones (excluding diaryl/α,β-unsaturated/α-hetero) is 1. The Morgan fingerprint density at radius 3 is 2.68 bits per heavy atom. The molecule has 2 N–H and O–H groups in total. The third-order valence-corrected chi connectivity index (χ3v) is 5.43. The van der Waals surface area contributed by atoms with Gasteiger partial charge in [-0.2, -0.15) is 0 Å². The number of benzene rings is 1. The number of aliphatic hydroxyl groups is 1. The zero-order valence-corrected chi connectivity index (χ0v) is 17.6. The highest BCUT2D eigenvalue weighted by Crippen LogP contribution is 2.40. The largest absolute Gasteiger partial charge is 0.507 e. The lowest BCUT2D eigenvalue weighted by Crippen LogP contribution is -3.05. The first-order valence-electron chi connectivity index (χ1n) is 10.3. The first kappa shape index (κ1) is 20.9. The van der Waals surface area contributed by atoms with Crippen molar-refractivity contribution in [2.24, 2.45) is 0 Å². The highest BCUT2D eigenvalue weighted by atomic mass is 16.6. The summed E-state index contributed by atoms with van der Waals surface area (Å²) in [5, 5.41) is 11.1. The van der Waals surface area contributed by atoms with Crippen LogP contribution < -0.4 is 14.4 Å². The van der Waals surface area contributed by atoms with Gasteiger partial charge in [-0.15, -0.1) is 0 Å². The van der Waals surface area contributed by atoms with Crippen molar-refractivity contribution in [3.8, 4) is 11.5 Å². The van der Waals surface area contributed by atoms with Gasteiger partial charge in [-0.3, -0.25) is 14.6 Å². The molecule has 162 valence electrons. The van der Waals surface area contributed by atoms with E-state index < -0.39 is 17.7 Å². The summed E-state index contributed by atoms with van der Waals surface area (Å²) in [7, 11) is 4.07. The van der Waals surface area contributed by atoms with E-state index in [9.17, 15) is 14.7 Å². The van der Waals surface area contributed by atoms with Crippen LogP contribution in [0.1, 0.15) is 23.6 Å². The second-order valence-corrected chi connectivity index (χ2v) is 7.95. The molecule has 3 heterocycles. The normalized spacial score (nSPS) is 19.8. The van der Waals surface area contributed by atoms with Crippen molar-refractivity contribution in [2.45, 2.75) is 12.5 Å². The number of nitrogens with zero attached hydrogens (tertiary/aromatic N) is 2. The van der Waals surface area contributed by atoms with Crippen LogP contribution in [0.25, 0.3) is 5.76 Å². The summed E-state index contributed by atoms with van der Waals surface area (Å²) in [5.74, 6) is -0.459. The molecule has 4 rings (SSSR count). The summed E-state index contributed by atoms with van der Waals surface area (Å²) in [6, 6.07) is 7.85. The molecule has 8 heteroatoms. The zero-order valence-electron chi connectivity index (χ0n) is 17.6. The van der Waals surface area contributed by atoms with E-state index in [0.29, 0.717) is 42.4 Å². The van der Waals surface area contributed by atoms with Gasteiger partial charge in [0.05, 0.1) is 32.3 Å². The van der Waals surface area contributed by atoms with Crippen LogP contribution in [0.15, 0.2) is 48.3 Å². The molecule has 1 aromatic heterocycles. The van der Waals surface area contributed by atoms with Crippen molar-refractivity contribution in [1.29, 1.82) is 0 Å². The third-order valence-electron chi connectivity index (χ3n) is 5.43. The number of ketones is 1. The van der Waals surface area contributed by atoms with E-state index in [2.05, 4.69) is 4.98 Å². The molecule has 2 aliphatic rings. The molecule has 1 fully saturated rings. The highest BCUT2D eigenvalue weighted by molar-refractivity contribution is 6.46. The fraction of sp³-hybridized carbons (Fsp3) is 0.348. The number of aliphatic hydroxyl groups excluding tert-OH is 1. The van der Waals surface area contributed by atoms with Gasteiger partial charge in [0.1, 0.15) is 19.0 Å². The van der Waals surface area contributed by atoms with Crippen LogP contribution in [-0.2, 0) is 9.59 Å². The molecule has 1 atom stereocenters. The summed E-state index contributed by atoms with van der Waals surface area (Å²) in [4.78, 5) is 32.9. The van der Waals surface area contributed by atoms with Gasteiger partial charge in [0.15, 0.2) is 11.5 Å². The van der Waals surface area contributed by atoms with Gasteiger partial charge in [0, 0.05) is 30.9 Å². The maximum absolute atomic E-state index is 13.0. The van der Waals surface area contributed by atoms with Crippen molar-refractivity contribution in [2.75, 3.05) is 40.4 Å². The summed E-state index contributed by atoms with van der Waals surface area (Å²) >= 11 is 0. The molecule has 0 unspecified atom stereocenters. The average Bonchev–Trinajstić information content (AvgIpc) is 3.03. The number of hydrogen-bond donors (Lipinski definition) is 2. The van der Waals surface area contributed by atoms with E-state index in [4.69, 9.17) is 9.47 Å². The number of hydrogen-bond acceptors (Lipinski definition) is 6. The highest BCUT2D eigenvalue weighted by Gasteiger charge is 2.46. The lowest BCUT2D eigenvalue weighted by Gasteiger charge is -2.25. The number of likely N-dealkylation sites (tertiary alicyclic amines) is 1. The smallest absolute Gasteiger partial charge is 0.295 e. The summed E-state index contributed by atoms with van der Waals surface area (Å²) < 4.78 is 11.1. The molecule has 1 aromatic carbocycles. The predicted molar refractivity (Wildman–Crippen MR) is 113 cm³/mol. The lowest BCUT2D eigenvalue weighted by atomic mass is 9.96. The van der Waals surface area contributed by atoms with Gasteiger partial charge in [-0.05, 0) is 29.8 Å². The Bertz CT molecular complexity index is 1020. The van der Waals surface area contributed by atoms with Crippen molar-refractivity contribution < 1.29 is 29.1 Å². The minimum absolute atomic E-state index is 0.0619. The van der Waals surface area contributed by atoms with Gasteiger partial charge in [0.2, 0.25) is 0 Å². The molecule has 0 spiro atoms. The number of fused-ring (bicyclic) bond motifs is 1. The van der Waals surface area contributed by atoms with E-state index in [-0.39, 0.29) is 11.3 Å². The SMILES string of the molecule is C[NH+](C)CCCN1C(=O)C(=O)C(=C(O)c2ccc3c(c2)OCCO3)[C@H]1c1cccnc1. The quantitative estimate of drug-likeness (QED) is 0.405. The summed E-state index contributed by atoms with van der Waals surface area (Å²) in [6.07, 6.45) is 3.99. The number of carbonyl (C=O) groups excluding carboxylic acids is 2. The van der Waals surface area contributed by atoms with E-state index >= 15 is 0 Å². The van der Waals surface area contributed by atoms with Gasteiger partial charge >= 0.3 is 0 Å². The Balaban J connectivity index is 1.76. The Kier molecular flexibility index (Phi) is 5.90. The standard InChI is InChI=1S/C23H25N3O5/c1-25(2)9-4-10-26-20(16-5-3-8-24-14-16)19(22(28)23(26)29)21(27)15-6-7-17-18(13-15)31-12-11-30-17/h3,5-8,13-14,20,27H,4,9-12H2,1-2H3/p+1/t20-/m1/s1. The van der Waals surface area contributed by atoms with E-state index in [1.54, 1.807) is 36.7 Å². The Labute approximate surface area is 180 Å².